The number of pyridine rings is 1. The van der Waals surface area contributed by atoms with Gasteiger partial charge in [-0.05, 0) is 19.9 Å². The number of nitrogens with one attached hydrogen (secondary N) is 1. The number of carbonyl (C=O) groups is 1. The molecule has 1 aromatic heterocycles. The zero-order chi connectivity index (χ0) is 15.4. The highest BCUT2D eigenvalue weighted by molar-refractivity contribution is 6.03. The van der Waals surface area contributed by atoms with Gasteiger partial charge >= 0.3 is 0 Å². The highest BCUT2D eigenvalue weighted by Crippen LogP contribution is 2.28. The fourth-order valence-corrected chi connectivity index (χ4v) is 1.86. The van der Waals surface area contributed by atoms with Crippen molar-refractivity contribution in [1.29, 1.82) is 0 Å². The van der Waals surface area contributed by atoms with E-state index in [1.165, 1.54) is 12.3 Å². The van der Waals surface area contributed by atoms with Crippen LogP contribution in [-0.2, 0) is 9.53 Å². The van der Waals surface area contributed by atoms with Crippen LogP contribution in [-0.4, -0.2) is 28.5 Å². The zero-order valence-electron chi connectivity index (χ0n) is 11.7. The molecule has 1 aromatic carbocycles. The van der Waals surface area contributed by atoms with E-state index < -0.39 is 4.92 Å². The number of carbonyl (C=O) groups excluding carboxylic acids is 1. The Morgan fingerprint density at radius 3 is 2.81 bits per heavy atom. The van der Waals surface area contributed by atoms with Crippen LogP contribution >= 0.6 is 0 Å². The standard InChI is InChI=1S/C14H15N3O4/c1-9(2)21-8-13(18)16-14-11-4-3-5-12(17(19)20)10(11)6-7-15-14/h3-7,9H,8H2,1-2H3,(H,15,16,18). The van der Waals surface area contributed by atoms with E-state index in [0.29, 0.717) is 10.8 Å². The molecule has 7 nitrogen and oxygen atoms in total. The van der Waals surface area contributed by atoms with Crippen molar-refractivity contribution in [3.63, 3.8) is 0 Å². The first-order chi connectivity index (χ1) is 9.99. The number of aromatic nitrogens is 1. The molecule has 0 spiro atoms. The first-order valence-corrected chi connectivity index (χ1v) is 6.42. The summed E-state index contributed by atoms with van der Waals surface area (Å²) >= 11 is 0. The predicted octanol–water partition coefficient (Wildman–Crippen LogP) is 2.51. The number of fused-ring (bicyclic) bond motifs is 1. The van der Waals surface area contributed by atoms with Gasteiger partial charge in [-0.1, -0.05) is 12.1 Å². The Morgan fingerprint density at radius 2 is 2.14 bits per heavy atom. The van der Waals surface area contributed by atoms with E-state index in [1.807, 2.05) is 13.8 Å². The molecule has 0 bridgehead atoms. The van der Waals surface area contributed by atoms with E-state index in [1.54, 1.807) is 18.2 Å². The summed E-state index contributed by atoms with van der Waals surface area (Å²) < 4.78 is 5.20. The van der Waals surface area contributed by atoms with Crippen LogP contribution in [0.3, 0.4) is 0 Å². The Hall–Kier alpha value is -2.54. The van der Waals surface area contributed by atoms with Crippen molar-refractivity contribution in [2.45, 2.75) is 20.0 Å². The van der Waals surface area contributed by atoms with Gasteiger partial charge < -0.3 is 10.1 Å². The molecule has 0 saturated heterocycles. The van der Waals surface area contributed by atoms with Crippen molar-refractivity contribution in [3.8, 4) is 0 Å². The molecule has 110 valence electrons. The molecule has 2 rings (SSSR count). The largest absolute Gasteiger partial charge is 0.369 e. The van der Waals surface area contributed by atoms with Crippen molar-refractivity contribution in [1.82, 2.24) is 4.98 Å². The van der Waals surface area contributed by atoms with E-state index in [9.17, 15) is 14.9 Å². The lowest BCUT2D eigenvalue weighted by Crippen LogP contribution is -2.21. The van der Waals surface area contributed by atoms with Crippen molar-refractivity contribution in [2.75, 3.05) is 11.9 Å². The highest BCUT2D eigenvalue weighted by Gasteiger charge is 2.15. The summed E-state index contributed by atoms with van der Waals surface area (Å²) in [6, 6.07) is 6.19. The average Bonchev–Trinajstić information content (AvgIpc) is 2.44. The van der Waals surface area contributed by atoms with Gasteiger partial charge in [-0.2, -0.15) is 0 Å². The number of anilines is 1. The summed E-state index contributed by atoms with van der Waals surface area (Å²) in [5.74, 6) is -0.0660. The fraction of sp³-hybridized carbons (Fsp3) is 0.286. The van der Waals surface area contributed by atoms with E-state index >= 15 is 0 Å². The van der Waals surface area contributed by atoms with Gasteiger partial charge in [-0.25, -0.2) is 4.98 Å². The van der Waals surface area contributed by atoms with Gasteiger partial charge in [0.15, 0.2) is 0 Å². The third-order valence-electron chi connectivity index (χ3n) is 2.79. The number of benzene rings is 1. The zero-order valence-corrected chi connectivity index (χ0v) is 11.7. The Balaban J connectivity index is 2.31. The molecule has 1 amide bonds. The lowest BCUT2D eigenvalue weighted by Gasteiger charge is -2.09. The van der Waals surface area contributed by atoms with Gasteiger partial charge in [0.2, 0.25) is 0 Å². The summed E-state index contributed by atoms with van der Waals surface area (Å²) in [4.78, 5) is 26.4. The predicted molar refractivity (Wildman–Crippen MR) is 78.1 cm³/mol. The first-order valence-electron chi connectivity index (χ1n) is 6.42. The number of nitro groups is 1. The van der Waals surface area contributed by atoms with Crippen LogP contribution in [0.1, 0.15) is 13.8 Å². The second kappa shape index (κ2) is 6.27. The summed E-state index contributed by atoms with van der Waals surface area (Å²) in [7, 11) is 0. The van der Waals surface area contributed by atoms with Gasteiger partial charge in [0, 0.05) is 17.6 Å². The van der Waals surface area contributed by atoms with Gasteiger partial charge in [0.05, 0.1) is 16.4 Å². The molecule has 0 atom stereocenters. The summed E-state index contributed by atoms with van der Waals surface area (Å²) in [5, 5.41) is 14.6. The number of ether oxygens (including phenoxy) is 1. The maximum atomic E-state index is 11.8. The molecule has 0 fully saturated rings. The van der Waals surface area contributed by atoms with Gasteiger partial charge in [-0.3, -0.25) is 14.9 Å². The minimum atomic E-state index is -0.462. The molecule has 2 aromatic rings. The highest BCUT2D eigenvalue weighted by atomic mass is 16.6. The molecule has 0 unspecified atom stereocenters. The van der Waals surface area contributed by atoms with Crippen molar-refractivity contribution < 1.29 is 14.5 Å². The monoisotopic (exact) mass is 289 g/mol. The van der Waals surface area contributed by atoms with E-state index in [-0.39, 0.29) is 30.1 Å². The second-order valence-corrected chi connectivity index (χ2v) is 4.70. The molecule has 21 heavy (non-hydrogen) atoms. The van der Waals surface area contributed by atoms with Crippen LogP contribution < -0.4 is 5.32 Å². The summed E-state index contributed by atoms with van der Waals surface area (Å²) in [6.07, 6.45) is 1.37. The van der Waals surface area contributed by atoms with Crippen molar-refractivity contribution in [3.05, 3.63) is 40.6 Å². The summed E-state index contributed by atoms with van der Waals surface area (Å²) in [6.45, 7) is 3.56. The van der Waals surface area contributed by atoms with Crippen LogP contribution in [0.15, 0.2) is 30.5 Å². The Kier molecular flexibility index (Phi) is 4.44. The topological polar surface area (TPSA) is 94.4 Å². The van der Waals surface area contributed by atoms with Crippen molar-refractivity contribution in [2.24, 2.45) is 0 Å². The number of nitro benzene ring substituents is 1. The number of nitrogens with zero attached hydrogens (tertiary/aromatic N) is 2. The molecule has 7 heteroatoms. The molecule has 1 heterocycles. The molecular weight excluding hydrogens is 274 g/mol. The molecule has 0 aliphatic carbocycles. The van der Waals surface area contributed by atoms with Gasteiger partial charge in [-0.15, -0.1) is 0 Å². The number of hydrogen-bond donors (Lipinski definition) is 1. The lowest BCUT2D eigenvalue weighted by atomic mass is 10.1. The molecule has 0 aliphatic rings. The Labute approximate surface area is 121 Å². The normalized spacial score (nSPS) is 10.8. The maximum absolute atomic E-state index is 11.8. The van der Waals surface area contributed by atoms with Crippen LogP contribution in [0.2, 0.25) is 0 Å². The van der Waals surface area contributed by atoms with Crippen LogP contribution in [0.5, 0.6) is 0 Å². The molecular formula is C14H15N3O4. The van der Waals surface area contributed by atoms with Crippen LogP contribution in [0, 0.1) is 10.1 Å². The van der Waals surface area contributed by atoms with Gasteiger partial charge in [0.25, 0.3) is 11.6 Å². The van der Waals surface area contributed by atoms with Crippen LogP contribution in [0.25, 0.3) is 10.8 Å². The van der Waals surface area contributed by atoms with E-state index in [4.69, 9.17) is 4.74 Å². The minimum Gasteiger partial charge on any atom is -0.369 e. The van der Waals surface area contributed by atoms with E-state index in [0.717, 1.165) is 0 Å². The fourth-order valence-electron chi connectivity index (χ4n) is 1.86. The molecule has 0 aliphatic heterocycles. The SMILES string of the molecule is CC(C)OCC(=O)Nc1nccc2c([N+](=O)[O-])cccc12. The number of amides is 1. The minimum absolute atomic E-state index is 0.0242. The number of hydrogen-bond acceptors (Lipinski definition) is 5. The van der Waals surface area contributed by atoms with Gasteiger partial charge in [0.1, 0.15) is 12.4 Å². The lowest BCUT2D eigenvalue weighted by molar-refractivity contribution is -0.383. The van der Waals surface area contributed by atoms with Crippen molar-refractivity contribution >= 4 is 28.2 Å². The Morgan fingerprint density at radius 1 is 1.38 bits per heavy atom. The number of non-ortho nitro benzene ring substituents is 1. The third kappa shape index (κ3) is 3.51. The quantitative estimate of drug-likeness (QED) is 0.674. The van der Waals surface area contributed by atoms with E-state index in [2.05, 4.69) is 10.3 Å². The smallest absolute Gasteiger partial charge is 0.277 e. The first kappa shape index (κ1) is 14.9. The molecule has 1 N–H and O–H groups in total. The molecule has 0 saturated carbocycles. The Bertz CT molecular complexity index is 685. The second-order valence-electron chi connectivity index (χ2n) is 4.70. The molecule has 0 radical (unpaired) electrons. The number of rotatable bonds is 5. The van der Waals surface area contributed by atoms with Crippen LogP contribution in [0.4, 0.5) is 11.5 Å². The summed E-state index contributed by atoms with van der Waals surface area (Å²) in [5.41, 5.74) is -0.0242. The third-order valence-corrected chi connectivity index (χ3v) is 2.79. The average molecular weight is 289 g/mol. The maximum Gasteiger partial charge on any atom is 0.277 e.